The van der Waals surface area contributed by atoms with Crippen LogP contribution in [0.3, 0.4) is 0 Å². The number of carbonyl (C=O) groups is 1. The smallest absolute Gasteiger partial charge is 0.325 e. The normalized spacial score (nSPS) is 13.6. The van der Waals surface area contributed by atoms with Gasteiger partial charge in [-0.25, -0.2) is 0 Å². The summed E-state index contributed by atoms with van der Waals surface area (Å²) in [6.45, 7) is 3.41. The molecule has 52 valence electrons. The number of nitrogens with one attached hydrogen (secondary N) is 1. The highest BCUT2D eigenvalue weighted by molar-refractivity contribution is 5.72. The van der Waals surface area contributed by atoms with Gasteiger partial charge in [-0.15, -0.1) is 0 Å². The van der Waals surface area contributed by atoms with Crippen molar-refractivity contribution in [3.05, 3.63) is 12.3 Å². The average molecular weight is 129 g/mol. The Morgan fingerprint density at radius 2 is 2.33 bits per heavy atom. The third kappa shape index (κ3) is 3.58. The number of carboxylic acids is 1. The van der Waals surface area contributed by atoms with Gasteiger partial charge in [-0.2, -0.15) is 0 Å². The number of allylic oxidation sites excluding steroid dienone is 1. The first kappa shape index (κ1) is 8.01. The lowest BCUT2D eigenvalue weighted by molar-refractivity contribution is -0.138. The number of carboxylic acid groups (broad SMARTS) is 1. The maximum atomic E-state index is 10.1. The van der Waals surface area contributed by atoms with Gasteiger partial charge in [0, 0.05) is 0 Å². The van der Waals surface area contributed by atoms with Crippen LogP contribution in [0.15, 0.2) is 12.3 Å². The molecule has 0 spiro atoms. The lowest BCUT2D eigenvalue weighted by Gasteiger charge is -2.03. The molecule has 3 nitrogen and oxygen atoms in total. The van der Waals surface area contributed by atoms with Crippen molar-refractivity contribution in [2.75, 3.05) is 0 Å². The molecule has 0 saturated heterocycles. The van der Waals surface area contributed by atoms with E-state index in [0.717, 1.165) is 0 Å². The Balaban J connectivity index is 3.50. The van der Waals surface area contributed by atoms with Gasteiger partial charge in [0.25, 0.3) is 0 Å². The molecule has 0 radical (unpaired) electrons. The summed E-state index contributed by atoms with van der Waals surface area (Å²) in [7, 11) is 0. The molecule has 0 aromatic rings. The van der Waals surface area contributed by atoms with Crippen LogP contribution in [0.2, 0.25) is 0 Å². The van der Waals surface area contributed by atoms with Crippen LogP contribution in [0.5, 0.6) is 0 Å². The van der Waals surface area contributed by atoms with Gasteiger partial charge >= 0.3 is 5.97 Å². The topological polar surface area (TPSA) is 49.3 Å². The first-order valence-corrected chi connectivity index (χ1v) is 2.78. The van der Waals surface area contributed by atoms with Crippen LogP contribution in [0.25, 0.3) is 0 Å². The van der Waals surface area contributed by atoms with Crippen LogP contribution in [0.1, 0.15) is 13.8 Å². The zero-order valence-corrected chi connectivity index (χ0v) is 5.59. The van der Waals surface area contributed by atoms with E-state index in [4.69, 9.17) is 5.11 Å². The minimum absolute atomic E-state index is 0.499. The molecule has 0 aliphatic rings. The lowest BCUT2D eigenvalue weighted by Crippen LogP contribution is -2.29. The van der Waals surface area contributed by atoms with Gasteiger partial charge in [0.05, 0.1) is 0 Å². The second-order valence-electron chi connectivity index (χ2n) is 1.73. The monoisotopic (exact) mass is 129 g/mol. The van der Waals surface area contributed by atoms with E-state index in [1.54, 1.807) is 19.2 Å². The Kier molecular flexibility index (Phi) is 3.51. The summed E-state index contributed by atoms with van der Waals surface area (Å²) >= 11 is 0. The molecule has 0 aromatic carbocycles. The number of aliphatic carboxylic acids is 1. The molecule has 0 rings (SSSR count). The van der Waals surface area contributed by atoms with Crippen LogP contribution in [0.4, 0.5) is 0 Å². The second kappa shape index (κ2) is 3.95. The van der Waals surface area contributed by atoms with Crippen LogP contribution in [-0.2, 0) is 4.79 Å². The molecule has 0 aliphatic heterocycles. The molecular weight excluding hydrogens is 118 g/mol. The third-order valence-electron chi connectivity index (χ3n) is 0.883. The second-order valence-corrected chi connectivity index (χ2v) is 1.73. The zero-order valence-electron chi connectivity index (χ0n) is 5.59. The van der Waals surface area contributed by atoms with Crippen molar-refractivity contribution in [3.63, 3.8) is 0 Å². The van der Waals surface area contributed by atoms with Gasteiger partial charge in [0.15, 0.2) is 0 Å². The summed E-state index contributed by atoms with van der Waals surface area (Å²) < 4.78 is 0. The van der Waals surface area contributed by atoms with Gasteiger partial charge < -0.3 is 10.4 Å². The molecule has 0 heterocycles. The average Bonchev–Trinajstić information content (AvgIpc) is 1.82. The van der Waals surface area contributed by atoms with Gasteiger partial charge in [-0.05, 0) is 20.0 Å². The maximum absolute atomic E-state index is 10.1. The van der Waals surface area contributed by atoms with E-state index in [9.17, 15) is 4.79 Å². The molecule has 9 heavy (non-hydrogen) atoms. The lowest BCUT2D eigenvalue weighted by atomic mass is 10.3. The number of hydrogen-bond donors (Lipinski definition) is 2. The third-order valence-corrected chi connectivity index (χ3v) is 0.883. The molecule has 0 fully saturated rings. The molecule has 0 bridgehead atoms. The largest absolute Gasteiger partial charge is 0.480 e. The fraction of sp³-hybridized carbons (Fsp3) is 0.500. The van der Waals surface area contributed by atoms with Crippen molar-refractivity contribution in [1.82, 2.24) is 5.32 Å². The van der Waals surface area contributed by atoms with Crippen LogP contribution < -0.4 is 5.32 Å². The molecular formula is C6H11NO2. The van der Waals surface area contributed by atoms with E-state index >= 15 is 0 Å². The predicted octanol–water partition coefficient (Wildman–Crippen LogP) is 0.583. The van der Waals surface area contributed by atoms with E-state index in [2.05, 4.69) is 5.32 Å². The van der Waals surface area contributed by atoms with Gasteiger partial charge in [-0.3, -0.25) is 4.79 Å². The first-order chi connectivity index (χ1) is 4.18. The SMILES string of the molecule is CC=CN[C@H](C)C(=O)O. The Labute approximate surface area is 54.4 Å². The highest BCUT2D eigenvalue weighted by Crippen LogP contribution is 1.79. The molecule has 0 aliphatic carbocycles. The van der Waals surface area contributed by atoms with E-state index in [0.29, 0.717) is 0 Å². The number of rotatable bonds is 3. The summed E-state index contributed by atoms with van der Waals surface area (Å²) in [6, 6.07) is -0.499. The van der Waals surface area contributed by atoms with Crippen molar-refractivity contribution < 1.29 is 9.90 Å². The van der Waals surface area contributed by atoms with Crippen molar-refractivity contribution >= 4 is 5.97 Å². The summed E-state index contributed by atoms with van der Waals surface area (Å²) in [6.07, 6.45) is 3.36. The van der Waals surface area contributed by atoms with Crippen molar-refractivity contribution in [3.8, 4) is 0 Å². The molecule has 2 N–H and O–H groups in total. The zero-order chi connectivity index (χ0) is 7.28. The Morgan fingerprint density at radius 3 is 2.67 bits per heavy atom. The van der Waals surface area contributed by atoms with Crippen molar-refractivity contribution in [2.45, 2.75) is 19.9 Å². The first-order valence-electron chi connectivity index (χ1n) is 2.78. The van der Waals surface area contributed by atoms with E-state index in [1.165, 1.54) is 0 Å². The van der Waals surface area contributed by atoms with Gasteiger partial charge in [0.2, 0.25) is 0 Å². The predicted molar refractivity (Wildman–Crippen MR) is 35.0 cm³/mol. The fourth-order valence-corrected chi connectivity index (χ4v) is 0.312. The summed E-state index contributed by atoms with van der Waals surface area (Å²) in [5.74, 6) is -0.840. The molecule has 3 heteroatoms. The van der Waals surface area contributed by atoms with Crippen molar-refractivity contribution in [1.29, 1.82) is 0 Å². The van der Waals surface area contributed by atoms with Crippen molar-refractivity contribution in [2.24, 2.45) is 0 Å². The molecule has 0 saturated carbocycles. The Hall–Kier alpha value is -0.990. The highest BCUT2D eigenvalue weighted by atomic mass is 16.4. The summed E-state index contributed by atoms with van der Waals surface area (Å²) in [5, 5.41) is 11.0. The van der Waals surface area contributed by atoms with Crippen LogP contribution in [0, 0.1) is 0 Å². The fourth-order valence-electron chi connectivity index (χ4n) is 0.312. The standard InChI is InChI=1S/C6H11NO2/c1-3-4-7-5(2)6(8)9/h3-5,7H,1-2H3,(H,8,9)/t5-/m1/s1. The Morgan fingerprint density at radius 1 is 1.78 bits per heavy atom. The Bertz CT molecular complexity index is 120. The summed E-state index contributed by atoms with van der Waals surface area (Å²) in [5.41, 5.74) is 0. The van der Waals surface area contributed by atoms with E-state index < -0.39 is 12.0 Å². The van der Waals surface area contributed by atoms with Gasteiger partial charge in [0.1, 0.15) is 6.04 Å². The molecule has 0 aromatic heterocycles. The maximum Gasteiger partial charge on any atom is 0.325 e. The van der Waals surface area contributed by atoms with Gasteiger partial charge in [-0.1, -0.05) is 6.08 Å². The molecule has 1 atom stereocenters. The van der Waals surface area contributed by atoms with E-state index in [1.807, 2.05) is 6.92 Å². The van der Waals surface area contributed by atoms with Crippen LogP contribution >= 0.6 is 0 Å². The minimum Gasteiger partial charge on any atom is -0.480 e. The minimum atomic E-state index is -0.840. The molecule has 0 unspecified atom stereocenters. The highest BCUT2D eigenvalue weighted by Gasteiger charge is 2.05. The molecule has 0 amide bonds. The van der Waals surface area contributed by atoms with Crippen LogP contribution in [-0.4, -0.2) is 17.1 Å². The summed E-state index contributed by atoms with van der Waals surface area (Å²) in [4.78, 5) is 10.1. The quantitative estimate of drug-likeness (QED) is 0.586. The number of hydrogen-bond acceptors (Lipinski definition) is 2. The van der Waals surface area contributed by atoms with E-state index in [-0.39, 0.29) is 0 Å².